The number of hydrogen-bond donors (Lipinski definition) is 1. The van der Waals surface area contributed by atoms with Crippen LogP contribution in [0, 0.1) is 11.3 Å². The first-order chi connectivity index (χ1) is 7.50. The van der Waals surface area contributed by atoms with Gasteiger partial charge in [-0.3, -0.25) is 4.79 Å². The van der Waals surface area contributed by atoms with Crippen molar-refractivity contribution >= 4 is 5.91 Å². The molecule has 2 fully saturated rings. The number of nitrogens with two attached hydrogens (primary N) is 1. The summed E-state index contributed by atoms with van der Waals surface area (Å²) in [5, 5.41) is 0. The molecular formula is C13H24N2O. The van der Waals surface area contributed by atoms with Crippen molar-refractivity contribution in [3.05, 3.63) is 0 Å². The van der Waals surface area contributed by atoms with E-state index in [-0.39, 0.29) is 11.5 Å². The number of carbonyl (C=O) groups excluding carboxylic acids is 1. The van der Waals surface area contributed by atoms with Crippen LogP contribution in [-0.4, -0.2) is 29.9 Å². The summed E-state index contributed by atoms with van der Waals surface area (Å²) < 4.78 is 0. The fourth-order valence-electron chi connectivity index (χ4n) is 2.99. The third-order valence-corrected chi connectivity index (χ3v) is 4.33. The molecule has 92 valence electrons. The first kappa shape index (κ1) is 11.9. The molecule has 3 nitrogen and oxygen atoms in total. The van der Waals surface area contributed by atoms with Gasteiger partial charge in [0.15, 0.2) is 0 Å². The number of hydrogen-bond acceptors (Lipinski definition) is 2. The normalized spacial score (nSPS) is 30.7. The summed E-state index contributed by atoms with van der Waals surface area (Å²) in [6.07, 6.45) is 5.61. The lowest BCUT2D eigenvalue weighted by molar-refractivity contribution is -0.138. The molecule has 0 bridgehead atoms. The Bertz CT molecular complexity index is 269. The van der Waals surface area contributed by atoms with Crippen molar-refractivity contribution in [1.29, 1.82) is 0 Å². The van der Waals surface area contributed by atoms with E-state index in [9.17, 15) is 4.79 Å². The molecule has 2 rings (SSSR count). The van der Waals surface area contributed by atoms with Crippen LogP contribution in [0.5, 0.6) is 0 Å². The van der Waals surface area contributed by atoms with E-state index < -0.39 is 0 Å². The van der Waals surface area contributed by atoms with E-state index in [1.54, 1.807) is 0 Å². The maximum atomic E-state index is 12.3. The zero-order valence-corrected chi connectivity index (χ0v) is 10.5. The Morgan fingerprint density at radius 1 is 1.25 bits per heavy atom. The van der Waals surface area contributed by atoms with Crippen molar-refractivity contribution < 1.29 is 4.79 Å². The van der Waals surface area contributed by atoms with Crippen LogP contribution in [0.15, 0.2) is 0 Å². The molecule has 1 amide bonds. The van der Waals surface area contributed by atoms with Gasteiger partial charge in [-0.2, -0.15) is 0 Å². The summed E-state index contributed by atoms with van der Waals surface area (Å²) in [7, 11) is 0. The van der Waals surface area contributed by atoms with Crippen LogP contribution >= 0.6 is 0 Å². The van der Waals surface area contributed by atoms with Gasteiger partial charge in [0.2, 0.25) is 5.91 Å². The van der Waals surface area contributed by atoms with Crippen LogP contribution in [0.3, 0.4) is 0 Å². The lowest BCUT2D eigenvalue weighted by Gasteiger charge is -2.43. The third-order valence-electron chi connectivity index (χ3n) is 4.33. The van der Waals surface area contributed by atoms with Crippen molar-refractivity contribution in [2.24, 2.45) is 17.1 Å². The first-order valence-electron chi connectivity index (χ1n) is 6.55. The second kappa shape index (κ2) is 4.36. The molecule has 1 saturated heterocycles. The minimum atomic E-state index is 0.0759. The number of likely N-dealkylation sites (tertiary alicyclic amines) is 1. The highest BCUT2D eigenvalue weighted by atomic mass is 16.2. The van der Waals surface area contributed by atoms with Crippen molar-refractivity contribution in [1.82, 2.24) is 4.90 Å². The molecule has 0 aromatic rings. The van der Waals surface area contributed by atoms with Gasteiger partial charge in [-0.15, -0.1) is 0 Å². The molecular weight excluding hydrogens is 200 g/mol. The second-order valence-electron chi connectivity index (χ2n) is 6.12. The van der Waals surface area contributed by atoms with Crippen LogP contribution in [0.25, 0.3) is 0 Å². The Hall–Kier alpha value is -0.570. The maximum absolute atomic E-state index is 12.3. The second-order valence-corrected chi connectivity index (χ2v) is 6.12. The molecule has 1 aliphatic carbocycles. The summed E-state index contributed by atoms with van der Waals surface area (Å²) in [5.41, 5.74) is 6.17. The summed E-state index contributed by atoms with van der Waals surface area (Å²) in [6.45, 7) is 6.04. The van der Waals surface area contributed by atoms with E-state index in [4.69, 9.17) is 5.73 Å². The standard InChI is InChI=1S/C13H24N2O/c1-13(2)9-15(8-7-11(13)14)12(16)10-5-3-4-6-10/h10-11H,3-9,14H2,1-2H3. The monoisotopic (exact) mass is 224 g/mol. The SMILES string of the molecule is CC1(C)CN(C(=O)C2CCCC2)CCC1N. The molecule has 16 heavy (non-hydrogen) atoms. The Kier molecular flexibility index (Phi) is 3.24. The van der Waals surface area contributed by atoms with Crippen LogP contribution in [0.1, 0.15) is 46.0 Å². The van der Waals surface area contributed by atoms with E-state index in [2.05, 4.69) is 18.7 Å². The van der Waals surface area contributed by atoms with E-state index >= 15 is 0 Å². The predicted molar refractivity (Wildman–Crippen MR) is 64.9 cm³/mol. The molecule has 2 N–H and O–H groups in total. The smallest absolute Gasteiger partial charge is 0.225 e. The number of piperidine rings is 1. The Morgan fingerprint density at radius 3 is 2.44 bits per heavy atom. The van der Waals surface area contributed by atoms with Crippen molar-refractivity contribution in [3.8, 4) is 0 Å². The highest BCUT2D eigenvalue weighted by molar-refractivity contribution is 5.79. The van der Waals surface area contributed by atoms with Crippen LogP contribution < -0.4 is 5.73 Å². The largest absolute Gasteiger partial charge is 0.342 e. The van der Waals surface area contributed by atoms with Gasteiger partial charge in [0.1, 0.15) is 0 Å². The maximum Gasteiger partial charge on any atom is 0.225 e. The van der Waals surface area contributed by atoms with Crippen LogP contribution in [-0.2, 0) is 4.79 Å². The van der Waals surface area contributed by atoms with Crippen molar-refractivity contribution in [2.45, 2.75) is 52.0 Å². The van der Waals surface area contributed by atoms with E-state index in [0.717, 1.165) is 32.4 Å². The van der Waals surface area contributed by atoms with E-state index in [0.29, 0.717) is 11.8 Å². The molecule has 0 spiro atoms. The zero-order valence-electron chi connectivity index (χ0n) is 10.5. The highest BCUT2D eigenvalue weighted by Crippen LogP contribution is 2.32. The van der Waals surface area contributed by atoms with Gasteiger partial charge in [0.05, 0.1) is 0 Å². The molecule has 2 aliphatic rings. The summed E-state index contributed by atoms with van der Waals surface area (Å²) in [6, 6.07) is 0.236. The van der Waals surface area contributed by atoms with Gasteiger partial charge < -0.3 is 10.6 Å². The minimum Gasteiger partial charge on any atom is -0.342 e. The van der Waals surface area contributed by atoms with Gasteiger partial charge in [-0.25, -0.2) is 0 Å². The summed E-state index contributed by atoms with van der Waals surface area (Å²) in [5.74, 6) is 0.697. The number of amides is 1. The molecule has 1 saturated carbocycles. The highest BCUT2D eigenvalue weighted by Gasteiger charge is 2.37. The average Bonchev–Trinajstić information content (AvgIpc) is 2.74. The Balaban J connectivity index is 1.97. The quantitative estimate of drug-likeness (QED) is 0.737. The number of nitrogens with zero attached hydrogens (tertiary/aromatic N) is 1. The van der Waals surface area contributed by atoms with Crippen molar-refractivity contribution in [3.63, 3.8) is 0 Å². The van der Waals surface area contributed by atoms with E-state index in [1.165, 1.54) is 12.8 Å². The third kappa shape index (κ3) is 2.24. The Labute approximate surface area is 98.4 Å². The van der Waals surface area contributed by atoms with E-state index in [1.807, 2.05) is 0 Å². The van der Waals surface area contributed by atoms with Gasteiger partial charge in [0.25, 0.3) is 0 Å². The molecule has 0 radical (unpaired) electrons. The summed E-state index contributed by atoms with van der Waals surface area (Å²) in [4.78, 5) is 14.3. The summed E-state index contributed by atoms with van der Waals surface area (Å²) >= 11 is 0. The number of carbonyl (C=O) groups is 1. The van der Waals surface area contributed by atoms with Crippen LogP contribution in [0.4, 0.5) is 0 Å². The average molecular weight is 224 g/mol. The van der Waals surface area contributed by atoms with Gasteiger partial charge in [0, 0.05) is 25.0 Å². The molecule has 1 aliphatic heterocycles. The topological polar surface area (TPSA) is 46.3 Å². The molecule has 1 atom stereocenters. The lowest BCUT2D eigenvalue weighted by atomic mass is 9.79. The molecule has 0 aromatic heterocycles. The number of rotatable bonds is 1. The minimum absolute atomic E-state index is 0.0759. The van der Waals surface area contributed by atoms with Gasteiger partial charge in [-0.05, 0) is 24.7 Å². The zero-order chi connectivity index (χ0) is 11.8. The van der Waals surface area contributed by atoms with Crippen molar-refractivity contribution in [2.75, 3.05) is 13.1 Å². The molecule has 1 unspecified atom stereocenters. The fourth-order valence-corrected chi connectivity index (χ4v) is 2.99. The molecule has 1 heterocycles. The fraction of sp³-hybridized carbons (Fsp3) is 0.923. The first-order valence-corrected chi connectivity index (χ1v) is 6.55. The van der Waals surface area contributed by atoms with Gasteiger partial charge in [-0.1, -0.05) is 26.7 Å². The van der Waals surface area contributed by atoms with Crippen LogP contribution in [0.2, 0.25) is 0 Å². The van der Waals surface area contributed by atoms with Gasteiger partial charge >= 0.3 is 0 Å². The Morgan fingerprint density at radius 2 is 1.88 bits per heavy atom. The lowest BCUT2D eigenvalue weighted by Crippen LogP contribution is -2.54. The molecule has 0 aromatic carbocycles. The molecule has 3 heteroatoms. The predicted octanol–water partition coefficient (Wildman–Crippen LogP) is 1.76.